The SMILES string of the molecule is COCCNC(=O)c1ccc(NC(C)C2CC3CCC2C3)nc1. The number of ether oxygens (including phenoxy) is 1. The van der Waals surface area contributed by atoms with Crippen molar-refractivity contribution in [1.82, 2.24) is 10.3 Å². The van der Waals surface area contributed by atoms with E-state index in [9.17, 15) is 4.79 Å². The van der Waals surface area contributed by atoms with Crippen molar-refractivity contribution in [2.24, 2.45) is 17.8 Å². The van der Waals surface area contributed by atoms with Gasteiger partial charge in [-0.1, -0.05) is 6.42 Å². The normalized spacial score (nSPS) is 27.0. The van der Waals surface area contributed by atoms with Gasteiger partial charge in [0.15, 0.2) is 0 Å². The van der Waals surface area contributed by atoms with Gasteiger partial charge in [0, 0.05) is 25.9 Å². The first-order chi connectivity index (χ1) is 11.2. The van der Waals surface area contributed by atoms with E-state index >= 15 is 0 Å². The van der Waals surface area contributed by atoms with E-state index in [1.54, 1.807) is 13.3 Å². The summed E-state index contributed by atoms with van der Waals surface area (Å²) in [6.07, 6.45) is 7.25. The van der Waals surface area contributed by atoms with Gasteiger partial charge in [-0.3, -0.25) is 4.79 Å². The van der Waals surface area contributed by atoms with Crippen molar-refractivity contribution in [3.8, 4) is 0 Å². The minimum absolute atomic E-state index is 0.109. The summed E-state index contributed by atoms with van der Waals surface area (Å²) in [5.74, 6) is 3.37. The molecule has 5 nitrogen and oxygen atoms in total. The molecule has 0 aliphatic heterocycles. The van der Waals surface area contributed by atoms with E-state index in [0.29, 0.717) is 24.8 Å². The molecule has 1 aromatic heterocycles. The summed E-state index contributed by atoms with van der Waals surface area (Å²) in [5, 5.41) is 6.32. The van der Waals surface area contributed by atoms with Crippen molar-refractivity contribution in [2.45, 2.75) is 38.6 Å². The Morgan fingerprint density at radius 1 is 1.39 bits per heavy atom. The highest BCUT2D eigenvalue weighted by atomic mass is 16.5. The van der Waals surface area contributed by atoms with Gasteiger partial charge < -0.3 is 15.4 Å². The molecule has 1 amide bonds. The maximum absolute atomic E-state index is 11.9. The first-order valence-corrected chi connectivity index (χ1v) is 8.67. The minimum atomic E-state index is -0.109. The Kier molecular flexibility index (Phi) is 5.16. The van der Waals surface area contributed by atoms with Gasteiger partial charge in [-0.05, 0) is 56.1 Å². The Bertz CT molecular complexity index is 532. The fourth-order valence-electron chi connectivity index (χ4n) is 4.23. The van der Waals surface area contributed by atoms with Gasteiger partial charge in [-0.15, -0.1) is 0 Å². The molecule has 4 atom stereocenters. The molecule has 23 heavy (non-hydrogen) atoms. The number of carbonyl (C=O) groups excluding carboxylic acids is 1. The van der Waals surface area contributed by atoms with Crippen LogP contribution in [0.25, 0.3) is 0 Å². The second-order valence-electron chi connectivity index (χ2n) is 6.95. The number of aromatic nitrogens is 1. The average molecular weight is 317 g/mol. The van der Waals surface area contributed by atoms with Gasteiger partial charge in [-0.2, -0.15) is 0 Å². The Labute approximate surface area is 138 Å². The van der Waals surface area contributed by atoms with Crippen molar-refractivity contribution >= 4 is 11.7 Å². The monoisotopic (exact) mass is 317 g/mol. The van der Waals surface area contributed by atoms with Crippen LogP contribution in [0.5, 0.6) is 0 Å². The molecule has 2 aliphatic carbocycles. The summed E-state index contributed by atoms with van der Waals surface area (Å²) in [7, 11) is 1.62. The lowest BCUT2D eigenvalue weighted by Gasteiger charge is -2.28. The second kappa shape index (κ2) is 7.30. The van der Waals surface area contributed by atoms with Crippen LogP contribution in [-0.2, 0) is 4.74 Å². The van der Waals surface area contributed by atoms with Gasteiger partial charge in [0.05, 0.1) is 12.2 Å². The number of nitrogens with one attached hydrogen (secondary N) is 2. The molecule has 2 fully saturated rings. The van der Waals surface area contributed by atoms with Gasteiger partial charge >= 0.3 is 0 Å². The molecule has 4 unspecified atom stereocenters. The highest BCUT2D eigenvalue weighted by Gasteiger charge is 2.41. The average Bonchev–Trinajstić information content (AvgIpc) is 3.19. The van der Waals surface area contributed by atoms with Crippen molar-refractivity contribution in [3.63, 3.8) is 0 Å². The van der Waals surface area contributed by atoms with E-state index in [4.69, 9.17) is 4.74 Å². The smallest absolute Gasteiger partial charge is 0.252 e. The van der Waals surface area contributed by atoms with Crippen molar-refractivity contribution in [3.05, 3.63) is 23.9 Å². The van der Waals surface area contributed by atoms with Crippen LogP contribution in [-0.4, -0.2) is 37.2 Å². The Hall–Kier alpha value is -1.62. The lowest BCUT2D eigenvalue weighted by molar-refractivity contribution is 0.0937. The van der Waals surface area contributed by atoms with Crippen LogP contribution >= 0.6 is 0 Å². The number of carbonyl (C=O) groups is 1. The number of methoxy groups -OCH3 is 1. The molecule has 0 saturated heterocycles. The molecule has 2 bridgehead atoms. The number of hydrogen-bond donors (Lipinski definition) is 2. The largest absolute Gasteiger partial charge is 0.383 e. The summed E-state index contributed by atoms with van der Waals surface area (Å²) in [4.78, 5) is 16.3. The molecule has 2 N–H and O–H groups in total. The van der Waals surface area contributed by atoms with Crippen LogP contribution in [0.3, 0.4) is 0 Å². The molecule has 2 saturated carbocycles. The van der Waals surface area contributed by atoms with Gasteiger partial charge in [0.25, 0.3) is 5.91 Å². The first kappa shape index (κ1) is 16.2. The zero-order valence-electron chi connectivity index (χ0n) is 14.0. The molecule has 3 rings (SSSR count). The van der Waals surface area contributed by atoms with Crippen molar-refractivity contribution in [2.75, 3.05) is 25.6 Å². The van der Waals surface area contributed by atoms with E-state index in [1.165, 1.54) is 25.7 Å². The zero-order valence-corrected chi connectivity index (χ0v) is 14.0. The molecule has 0 radical (unpaired) electrons. The summed E-state index contributed by atoms with van der Waals surface area (Å²) < 4.78 is 4.92. The third-order valence-corrected chi connectivity index (χ3v) is 5.43. The molecule has 5 heteroatoms. The number of rotatable bonds is 7. The molecule has 0 spiro atoms. The van der Waals surface area contributed by atoms with Gasteiger partial charge in [0.1, 0.15) is 5.82 Å². The number of anilines is 1. The van der Waals surface area contributed by atoms with Crippen molar-refractivity contribution in [1.29, 1.82) is 0 Å². The summed E-state index contributed by atoms with van der Waals surface area (Å²) >= 11 is 0. The predicted molar refractivity (Wildman–Crippen MR) is 90.5 cm³/mol. The Balaban J connectivity index is 1.52. The third kappa shape index (κ3) is 3.83. The Morgan fingerprint density at radius 3 is 2.87 bits per heavy atom. The van der Waals surface area contributed by atoms with Crippen LogP contribution in [0.1, 0.15) is 43.0 Å². The topological polar surface area (TPSA) is 63.2 Å². The predicted octanol–water partition coefficient (Wildman–Crippen LogP) is 2.69. The van der Waals surface area contributed by atoms with Crippen LogP contribution in [0, 0.1) is 17.8 Å². The maximum atomic E-state index is 11.9. The number of nitrogens with zero attached hydrogens (tertiary/aromatic N) is 1. The van der Waals surface area contributed by atoms with Crippen LogP contribution in [0.2, 0.25) is 0 Å². The molecule has 1 heterocycles. The maximum Gasteiger partial charge on any atom is 0.252 e. The minimum Gasteiger partial charge on any atom is -0.383 e. The summed E-state index contributed by atoms with van der Waals surface area (Å²) in [5.41, 5.74) is 0.583. The molecule has 2 aliphatic rings. The first-order valence-electron chi connectivity index (χ1n) is 8.67. The van der Waals surface area contributed by atoms with E-state index in [1.807, 2.05) is 12.1 Å². The molecular weight excluding hydrogens is 290 g/mol. The van der Waals surface area contributed by atoms with E-state index < -0.39 is 0 Å². The fraction of sp³-hybridized carbons (Fsp3) is 0.667. The third-order valence-electron chi connectivity index (χ3n) is 5.43. The van der Waals surface area contributed by atoms with Crippen LogP contribution < -0.4 is 10.6 Å². The second-order valence-corrected chi connectivity index (χ2v) is 6.95. The van der Waals surface area contributed by atoms with Crippen molar-refractivity contribution < 1.29 is 9.53 Å². The van der Waals surface area contributed by atoms with Crippen LogP contribution in [0.4, 0.5) is 5.82 Å². The summed E-state index contributed by atoms with van der Waals surface area (Å²) in [6.45, 7) is 3.29. The number of amides is 1. The van der Waals surface area contributed by atoms with E-state index in [0.717, 1.165) is 23.6 Å². The summed E-state index contributed by atoms with van der Waals surface area (Å²) in [6, 6.07) is 4.17. The van der Waals surface area contributed by atoms with Crippen LogP contribution in [0.15, 0.2) is 18.3 Å². The lowest BCUT2D eigenvalue weighted by Crippen LogP contribution is -2.30. The standard InChI is InChI=1S/C18H27N3O2/c1-12(16-10-13-3-4-14(16)9-13)21-17-6-5-15(11-20-17)18(22)19-7-8-23-2/h5-6,11-14,16H,3-4,7-10H2,1-2H3,(H,19,22)(H,20,21). The molecule has 1 aromatic rings. The molecule has 0 aromatic carbocycles. The van der Waals surface area contributed by atoms with E-state index in [2.05, 4.69) is 22.5 Å². The Morgan fingerprint density at radius 2 is 2.26 bits per heavy atom. The lowest BCUT2D eigenvalue weighted by atomic mass is 9.84. The van der Waals surface area contributed by atoms with E-state index in [-0.39, 0.29) is 5.91 Å². The quantitative estimate of drug-likeness (QED) is 0.759. The molecule has 126 valence electrons. The zero-order chi connectivity index (χ0) is 16.2. The number of pyridine rings is 1. The van der Waals surface area contributed by atoms with Gasteiger partial charge in [-0.25, -0.2) is 4.98 Å². The number of hydrogen-bond acceptors (Lipinski definition) is 4. The number of fused-ring (bicyclic) bond motifs is 2. The fourth-order valence-corrected chi connectivity index (χ4v) is 4.23. The highest BCUT2D eigenvalue weighted by Crippen LogP contribution is 2.49. The highest BCUT2D eigenvalue weighted by molar-refractivity contribution is 5.94. The van der Waals surface area contributed by atoms with Gasteiger partial charge in [0.2, 0.25) is 0 Å². The molecular formula is C18H27N3O2.